The van der Waals surface area contributed by atoms with Gasteiger partial charge in [0.1, 0.15) is 5.75 Å². The van der Waals surface area contributed by atoms with E-state index >= 15 is 0 Å². The van der Waals surface area contributed by atoms with E-state index in [9.17, 15) is 0 Å². The Bertz CT molecular complexity index is 390. The summed E-state index contributed by atoms with van der Waals surface area (Å²) < 4.78 is 11.2. The zero-order valence-corrected chi connectivity index (χ0v) is 11.7. The number of rotatable bonds is 3. The van der Waals surface area contributed by atoms with Crippen LogP contribution in [0.3, 0.4) is 0 Å². The van der Waals surface area contributed by atoms with E-state index in [4.69, 9.17) is 9.47 Å². The lowest BCUT2D eigenvalue weighted by molar-refractivity contribution is -0.0561. The molecular weight excluding hydrogens is 226 g/mol. The molecule has 1 aromatic carbocycles. The average Bonchev–Trinajstić information content (AvgIpc) is 2.39. The molecule has 0 radical (unpaired) electrons. The van der Waals surface area contributed by atoms with Crippen LogP contribution in [0.15, 0.2) is 24.3 Å². The molecule has 0 amide bonds. The highest BCUT2D eigenvalue weighted by Gasteiger charge is 2.35. The van der Waals surface area contributed by atoms with Crippen LogP contribution in [-0.4, -0.2) is 25.3 Å². The number of benzene rings is 1. The Labute approximate surface area is 109 Å². The molecule has 3 unspecified atom stereocenters. The van der Waals surface area contributed by atoms with Gasteiger partial charge in [0.2, 0.25) is 0 Å². The van der Waals surface area contributed by atoms with E-state index < -0.39 is 0 Å². The van der Waals surface area contributed by atoms with E-state index in [1.54, 1.807) is 7.11 Å². The van der Waals surface area contributed by atoms with Crippen LogP contribution in [0.4, 0.5) is 0 Å². The van der Waals surface area contributed by atoms with Crippen LogP contribution in [-0.2, 0) is 4.74 Å². The van der Waals surface area contributed by atoms with Crippen molar-refractivity contribution in [1.29, 1.82) is 0 Å². The molecule has 1 heterocycles. The van der Waals surface area contributed by atoms with Crippen molar-refractivity contribution in [2.24, 2.45) is 0 Å². The van der Waals surface area contributed by atoms with Crippen LogP contribution in [0.2, 0.25) is 0 Å². The van der Waals surface area contributed by atoms with Crippen molar-refractivity contribution < 1.29 is 9.47 Å². The van der Waals surface area contributed by atoms with Gasteiger partial charge in [-0.25, -0.2) is 0 Å². The summed E-state index contributed by atoms with van der Waals surface area (Å²) in [5.41, 5.74) is 1.30. The SMILES string of the molecule is CCC1(C)COC(c2ccc(OC)cc2)C(C)N1. The number of hydrogen-bond acceptors (Lipinski definition) is 3. The average molecular weight is 249 g/mol. The summed E-state index contributed by atoms with van der Waals surface area (Å²) in [4.78, 5) is 0. The number of morpholine rings is 1. The zero-order chi connectivity index (χ0) is 13.2. The van der Waals surface area contributed by atoms with Crippen molar-refractivity contribution in [2.75, 3.05) is 13.7 Å². The van der Waals surface area contributed by atoms with Crippen LogP contribution in [0.25, 0.3) is 0 Å². The number of methoxy groups -OCH3 is 1. The molecule has 3 nitrogen and oxygen atoms in total. The highest BCUT2D eigenvalue weighted by Crippen LogP contribution is 2.30. The molecule has 3 atom stereocenters. The van der Waals surface area contributed by atoms with E-state index in [0.29, 0.717) is 6.04 Å². The first kappa shape index (κ1) is 13.4. The molecule has 0 bridgehead atoms. The molecule has 0 spiro atoms. The lowest BCUT2D eigenvalue weighted by atomic mass is 9.92. The fourth-order valence-corrected chi connectivity index (χ4v) is 2.47. The lowest BCUT2D eigenvalue weighted by Crippen LogP contribution is -2.56. The Kier molecular flexibility index (Phi) is 3.93. The third-order valence-corrected chi connectivity index (χ3v) is 3.84. The largest absolute Gasteiger partial charge is 0.497 e. The van der Waals surface area contributed by atoms with Crippen LogP contribution in [0.1, 0.15) is 38.9 Å². The molecule has 2 rings (SSSR count). The van der Waals surface area contributed by atoms with E-state index in [0.717, 1.165) is 18.8 Å². The first-order valence-corrected chi connectivity index (χ1v) is 6.61. The van der Waals surface area contributed by atoms with Crippen LogP contribution in [0.5, 0.6) is 5.75 Å². The molecular formula is C15H23NO2. The van der Waals surface area contributed by atoms with Gasteiger partial charge in [0.15, 0.2) is 0 Å². The summed E-state index contributed by atoms with van der Waals surface area (Å²) in [7, 11) is 1.68. The maximum atomic E-state index is 6.05. The molecule has 18 heavy (non-hydrogen) atoms. The molecule has 1 fully saturated rings. The van der Waals surface area contributed by atoms with Crippen molar-refractivity contribution in [3.05, 3.63) is 29.8 Å². The second-order valence-electron chi connectivity index (χ2n) is 5.35. The molecule has 1 N–H and O–H groups in total. The normalized spacial score (nSPS) is 32.2. The van der Waals surface area contributed by atoms with Crippen molar-refractivity contribution in [2.45, 2.75) is 44.9 Å². The first-order valence-electron chi connectivity index (χ1n) is 6.61. The van der Waals surface area contributed by atoms with Crippen molar-refractivity contribution in [1.82, 2.24) is 5.32 Å². The third kappa shape index (κ3) is 2.68. The second kappa shape index (κ2) is 5.29. The molecule has 1 aromatic rings. The third-order valence-electron chi connectivity index (χ3n) is 3.84. The fourth-order valence-electron chi connectivity index (χ4n) is 2.47. The Morgan fingerprint density at radius 2 is 2.06 bits per heavy atom. The summed E-state index contributed by atoms with van der Waals surface area (Å²) in [6, 6.07) is 8.45. The van der Waals surface area contributed by atoms with Gasteiger partial charge in [-0.2, -0.15) is 0 Å². The van der Waals surface area contributed by atoms with Crippen molar-refractivity contribution in [3.63, 3.8) is 0 Å². The number of nitrogens with one attached hydrogen (secondary N) is 1. The lowest BCUT2D eigenvalue weighted by Gasteiger charge is -2.42. The molecule has 100 valence electrons. The van der Waals surface area contributed by atoms with Gasteiger partial charge < -0.3 is 14.8 Å². The molecule has 0 aromatic heterocycles. The maximum Gasteiger partial charge on any atom is 0.118 e. The Hall–Kier alpha value is -1.06. The summed E-state index contributed by atoms with van der Waals surface area (Å²) in [5, 5.41) is 3.66. The van der Waals surface area contributed by atoms with Gasteiger partial charge >= 0.3 is 0 Å². The summed E-state index contributed by atoms with van der Waals surface area (Å²) >= 11 is 0. The maximum absolute atomic E-state index is 6.05. The van der Waals surface area contributed by atoms with Crippen LogP contribution >= 0.6 is 0 Å². The standard InChI is InChI=1S/C15H23NO2/c1-5-15(3)10-18-14(11(2)16-15)12-6-8-13(17-4)9-7-12/h6-9,11,14,16H,5,10H2,1-4H3. The van der Waals surface area contributed by atoms with Gasteiger partial charge in [-0.15, -0.1) is 0 Å². The Morgan fingerprint density at radius 3 is 2.56 bits per heavy atom. The minimum absolute atomic E-state index is 0.0996. The van der Waals surface area contributed by atoms with Gasteiger partial charge in [-0.3, -0.25) is 0 Å². The van der Waals surface area contributed by atoms with Gasteiger partial charge in [-0.05, 0) is 38.0 Å². The van der Waals surface area contributed by atoms with Crippen molar-refractivity contribution in [3.8, 4) is 5.75 Å². The van der Waals surface area contributed by atoms with E-state index in [1.807, 2.05) is 12.1 Å². The zero-order valence-electron chi connectivity index (χ0n) is 11.7. The highest BCUT2D eigenvalue weighted by atomic mass is 16.5. The first-order chi connectivity index (χ1) is 8.58. The van der Waals surface area contributed by atoms with Gasteiger partial charge in [0.05, 0.1) is 19.8 Å². The van der Waals surface area contributed by atoms with Crippen LogP contribution in [0, 0.1) is 0 Å². The summed E-state index contributed by atoms with van der Waals surface area (Å²) in [6.07, 6.45) is 1.20. The molecule has 1 aliphatic heterocycles. The molecule has 3 heteroatoms. The van der Waals surface area contributed by atoms with E-state index in [-0.39, 0.29) is 11.6 Å². The van der Waals surface area contributed by atoms with Gasteiger partial charge in [0.25, 0.3) is 0 Å². The van der Waals surface area contributed by atoms with E-state index in [1.165, 1.54) is 5.56 Å². The minimum atomic E-state index is 0.0996. The monoisotopic (exact) mass is 249 g/mol. The van der Waals surface area contributed by atoms with Gasteiger partial charge in [0, 0.05) is 11.6 Å². The smallest absolute Gasteiger partial charge is 0.118 e. The molecule has 1 saturated heterocycles. The molecule has 1 aliphatic rings. The van der Waals surface area contributed by atoms with Gasteiger partial charge in [-0.1, -0.05) is 19.1 Å². The summed E-state index contributed by atoms with van der Waals surface area (Å²) in [5.74, 6) is 0.883. The Balaban J connectivity index is 2.10. The molecule has 0 saturated carbocycles. The second-order valence-corrected chi connectivity index (χ2v) is 5.35. The predicted molar refractivity (Wildman–Crippen MR) is 73.0 cm³/mol. The highest BCUT2D eigenvalue weighted by molar-refractivity contribution is 5.29. The van der Waals surface area contributed by atoms with E-state index in [2.05, 4.69) is 38.2 Å². The number of ether oxygens (including phenoxy) is 2. The quantitative estimate of drug-likeness (QED) is 0.893. The van der Waals surface area contributed by atoms with Crippen molar-refractivity contribution >= 4 is 0 Å². The van der Waals surface area contributed by atoms with Crippen LogP contribution < -0.4 is 10.1 Å². The number of hydrogen-bond donors (Lipinski definition) is 1. The predicted octanol–water partition coefficient (Wildman–Crippen LogP) is 2.91. The topological polar surface area (TPSA) is 30.5 Å². The fraction of sp³-hybridized carbons (Fsp3) is 0.600. The molecule has 0 aliphatic carbocycles. The Morgan fingerprint density at radius 1 is 1.39 bits per heavy atom. The summed E-state index contributed by atoms with van der Waals surface area (Å²) in [6.45, 7) is 7.34. The minimum Gasteiger partial charge on any atom is -0.497 e.